The van der Waals surface area contributed by atoms with E-state index < -0.39 is 18.0 Å². The van der Waals surface area contributed by atoms with Gasteiger partial charge in [0.15, 0.2) is 0 Å². The van der Waals surface area contributed by atoms with Crippen molar-refractivity contribution in [3.63, 3.8) is 0 Å². The Balaban J connectivity index is 2.55. The predicted molar refractivity (Wildman–Crippen MR) is 61.6 cm³/mol. The molecule has 0 unspecified atom stereocenters. The van der Waals surface area contributed by atoms with E-state index in [1.54, 1.807) is 0 Å². The Labute approximate surface area is 106 Å². The lowest BCUT2D eigenvalue weighted by atomic mass is 10.1. The van der Waals surface area contributed by atoms with Gasteiger partial charge in [-0.2, -0.15) is 13.2 Å². The van der Waals surface area contributed by atoms with Crippen molar-refractivity contribution in [1.82, 2.24) is 5.32 Å². The summed E-state index contributed by atoms with van der Waals surface area (Å²) in [6.45, 7) is -0.338. The van der Waals surface area contributed by atoms with Crippen LogP contribution in [0.4, 0.5) is 24.5 Å². The normalized spacial score (nSPS) is 15.5. The lowest BCUT2D eigenvalue weighted by molar-refractivity contribution is -0.170. The largest absolute Gasteiger partial charge is 0.471 e. The summed E-state index contributed by atoms with van der Waals surface area (Å²) >= 11 is 0. The van der Waals surface area contributed by atoms with E-state index in [2.05, 4.69) is 5.32 Å². The van der Waals surface area contributed by atoms with Crippen molar-refractivity contribution in [2.75, 3.05) is 23.7 Å². The molecule has 2 amide bonds. The smallest absolute Gasteiger partial charge is 0.398 e. The average molecular weight is 273 g/mol. The summed E-state index contributed by atoms with van der Waals surface area (Å²) in [5, 5.41) is 2.40. The maximum Gasteiger partial charge on any atom is 0.471 e. The van der Waals surface area contributed by atoms with Gasteiger partial charge in [-0.15, -0.1) is 0 Å². The molecular formula is C11H10F3N3O2. The zero-order chi connectivity index (χ0) is 14.2. The minimum absolute atomic E-state index is 0.0249. The molecule has 19 heavy (non-hydrogen) atoms. The Kier molecular flexibility index (Phi) is 3.09. The van der Waals surface area contributed by atoms with Crippen LogP contribution in [0.5, 0.6) is 0 Å². The summed E-state index contributed by atoms with van der Waals surface area (Å²) in [7, 11) is 0. The molecule has 1 aliphatic rings. The molecule has 0 radical (unpaired) electrons. The van der Waals surface area contributed by atoms with E-state index in [9.17, 15) is 22.8 Å². The number of carbonyl (C=O) groups is 2. The fourth-order valence-electron chi connectivity index (χ4n) is 1.88. The number of rotatable bonds is 0. The highest BCUT2D eigenvalue weighted by Gasteiger charge is 2.44. The molecular weight excluding hydrogens is 263 g/mol. The van der Waals surface area contributed by atoms with Gasteiger partial charge in [0.1, 0.15) is 0 Å². The molecule has 0 saturated carbocycles. The lowest BCUT2D eigenvalue weighted by Gasteiger charge is -2.23. The molecule has 0 atom stereocenters. The Bertz CT molecular complexity index is 542. The van der Waals surface area contributed by atoms with Crippen LogP contribution < -0.4 is 16.0 Å². The van der Waals surface area contributed by atoms with Crippen molar-refractivity contribution in [2.24, 2.45) is 0 Å². The van der Waals surface area contributed by atoms with E-state index in [-0.39, 0.29) is 30.0 Å². The Hall–Kier alpha value is -2.25. The van der Waals surface area contributed by atoms with Crippen molar-refractivity contribution in [3.05, 3.63) is 23.8 Å². The highest BCUT2D eigenvalue weighted by molar-refractivity contribution is 6.10. The molecule has 3 N–H and O–H groups in total. The van der Waals surface area contributed by atoms with Crippen molar-refractivity contribution < 1.29 is 22.8 Å². The molecule has 0 aliphatic carbocycles. The molecule has 1 aromatic carbocycles. The number of alkyl halides is 3. The molecule has 2 rings (SSSR count). The van der Waals surface area contributed by atoms with Crippen LogP contribution in [0, 0.1) is 0 Å². The zero-order valence-corrected chi connectivity index (χ0v) is 9.62. The third-order valence-electron chi connectivity index (χ3n) is 2.70. The molecule has 0 aromatic heterocycles. The second kappa shape index (κ2) is 4.45. The molecule has 0 saturated heterocycles. The van der Waals surface area contributed by atoms with Gasteiger partial charge in [-0.3, -0.25) is 9.59 Å². The van der Waals surface area contributed by atoms with Crippen LogP contribution in [0.3, 0.4) is 0 Å². The number of nitrogens with one attached hydrogen (secondary N) is 1. The van der Waals surface area contributed by atoms with E-state index in [4.69, 9.17) is 5.73 Å². The number of hydrogen-bond acceptors (Lipinski definition) is 3. The van der Waals surface area contributed by atoms with Gasteiger partial charge in [-0.1, -0.05) is 6.07 Å². The third kappa shape index (κ3) is 2.33. The number of nitrogens with zero attached hydrogens (tertiary/aromatic N) is 1. The summed E-state index contributed by atoms with van der Waals surface area (Å²) in [5.41, 5.74) is 5.38. The second-order valence-electron chi connectivity index (χ2n) is 3.95. The van der Waals surface area contributed by atoms with Crippen molar-refractivity contribution in [3.8, 4) is 0 Å². The van der Waals surface area contributed by atoms with E-state index in [0.29, 0.717) is 4.90 Å². The number of anilines is 2. The van der Waals surface area contributed by atoms with E-state index in [1.165, 1.54) is 18.2 Å². The first kappa shape index (κ1) is 13.2. The fraction of sp³-hybridized carbons (Fsp3) is 0.273. The monoisotopic (exact) mass is 273 g/mol. The first-order valence-electron chi connectivity index (χ1n) is 5.37. The SMILES string of the molecule is Nc1cccc2c1C(=O)NCCN2C(=O)C(F)(F)F. The van der Waals surface area contributed by atoms with Gasteiger partial charge < -0.3 is 16.0 Å². The Morgan fingerprint density at radius 1 is 1.37 bits per heavy atom. The standard InChI is InChI=1S/C11H10F3N3O2/c12-11(13,14)10(19)17-5-4-16-9(18)8-6(15)2-1-3-7(8)17/h1-3H,4-5,15H2,(H,16,18). The maximum atomic E-state index is 12.5. The van der Waals surface area contributed by atoms with Gasteiger partial charge in [-0.25, -0.2) is 0 Å². The van der Waals surface area contributed by atoms with E-state index in [1.807, 2.05) is 0 Å². The second-order valence-corrected chi connectivity index (χ2v) is 3.95. The third-order valence-corrected chi connectivity index (χ3v) is 2.70. The fourth-order valence-corrected chi connectivity index (χ4v) is 1.88. The van der Waals surface area contributed by atoms with E-state index in [0.717, 1.165) is 0 Å². The molecule has 1 aromatic rings. The molecule has 1 heterocycles. The minimum Gasteiger partial charge on any atom is -0.398 e. The van der Waals surface area contributed by atoms with Gasteiger partial charge >= 0.3 is 12.1 Å². The predicted octanol–water partition coefficient (Wildman–Crippen LogP) is 0.907. The summed E-state index contributed by atoms with van der Waals surface area (Å²) in [4.78, 5) is 23.6. The highest BCUT2D eigenvalue weighted by atomic mass is 19.4. The van der Waals surface area contributed by atoms with Crippen LogP contribution in [0.1, 0.15) is 10.4 Å². The number of amides is 2. The topological polar surface area (TPSA) is 75.4 Å². The summed E-state index contributed by atoms with van der Waals surface area (Å²) < 4.78 is 37.6. The molecule has 102 valence electrons. The zero-order valence-electron chi connectivity index (χ0n) is 9.62. The number of halogens is 3. The van der Waals surface area contributed by atoms with Gasteiger partial charge in [0, 0.05) is 18.8 Å². The maximum absolute atomic E-state index is 12.5. The summed E-state index contributed by atoms with van der Waals surface area (Å²) in [6, 6.07) is 4.05. The molecule has 1 aliphatic heterocycles. The summed E-state index contributed by atoms with van der Waals surface area (Å²) in [6.07, 6.45) is -5.00. The quantitative estimate of drug-likeness (QED) is 0.690. The van der Waals surface area contributed by atoms with Gasteiger partial charge in [-0.05, 0) is 12.1 Å². The van der Waals surface area contributed by atoms with Gasteiger partial charge in [0.05, 0.1) is 11.3 Å². The van der Waals surface area contributed by atoms with Crippen molar-refractivity contribution in [1.29, 1.82) is 0 Å². The number of nitrogen functional groups attached to an aromatic ring is 1. The average Bonchev–Trinajstić information content (AvgIpc) is 2.47. The van der Waals surface area contributed by atoms with Crippen LogP contribution in [-0.4, -0.2) is 31.1 Å². The number of carbonyl (C=O) groups excluding carboxylic acids is 2. The van der Waals surface area contributed by atoms with Crippen LogP contribution in [-0.2, 0) is 4.79 Å². The minimum atomic E-state index is -5.00. The number of nitrogens with two attached hydrogens (primary N) is 1. The Morgan fingerprint density at radius 3 is 2.68 bits per heavy atom. The molecule has 5 nitrogen and oxygen atoms in total. The first-order chi connectivity index (χ1) is 8.82. The van der Waals surface area contributed by atoms with Crippen LogP contribution in [0.15, 0.2) is 18.2 Å². The number of hydrogen-bond donors (Lipinski definition) is 2. The summed E-state index contributed by atoms with van der Waals surface area (Å²) in [5.74, 6) is -2.61. The van der Waals surface area contributed by atoms with Crippen LogP contribution >= 0.6 is 0 Å². The number of benzene rings is 1. The number of fused-ring (bicyclic) bond motifs is 1. The van der Waals surface area contributed by atoms with Crippen molar-refractivity contribution in [2.45, 2.75) is 6.18 Å². The van der Waals surface area contributed by atoms with Crippen molar-refractivity contribution >= 4 is 23.2 Å². The molecule has 0 spiro atoms. The van der Waals surface area contributed by atoms with Crippen LogP contribution in [0.2, 0.25) is 0 Å². The molecule has 8 heteroatoms. The Morgan fingerprint density at radius 2 is 2.05 bits per heavy atom. The molecule has 0 fully saturated rings. The first-order valence-corrected chi connectivity index (χ1v) is 5.37. The molecule has 0 bridgehead atoms. The highest BCUT2D eigenvalue weighted by Crippen LogP contribution is 2.30. The lowest BCUT2D eigenvalue weighted by Crippen LogP contribution is -2.43. The van der Waals surface area contributed by atoms with Gasteiger partial charge in [0.25, 0.3) is 5.91 Å². The van der Waals surface area contributed by atoms with Gasteiger partial charge in [0.2, 0.25) is 0 Å². The van der Waals surface area contributed by atoms with Crippen LogP contribution in [0.25, 0.3) is 0 Å². The van der Waals surface area contributed by atoms with E-state index >= 15 is 0 Å².